The second-order valence-corrected chi connectivity index (χ2v) is 8.39. The number of benzene rings is 1. The number of carbonyl (C=O) groups is 3. The molecule has 2 unspecified atom stereocenters. The van der Waals surface area contributed by atoms with E-state index in [1.165, 1.54) is 0 Å². The average molecular weight is 416 g/mol. The number of anilines is 1. The molecule has 2 atom stereocenters. The van der Waals surface area contributed by atoms with Gasteiger partial charge < -0.3 is 20.3 Å². The molecule has 7 nitrogen and oxygen atoms in total. The third-order valence-electron chi connectivity index (χ3n) is 5.81. The van der Waals surface area contributed by atoms with Crippen LogP contribution in [-0.4, -0.2) is 48.4 Å². The molecule has 3 amide bonds. The lowest BCUT2D eigenvalue weighted by molar-refractivity contribution is -0.140. The first kappa shape index (κ1) is 22.1. The summed E-state index contributed by atoms with van der Waals surface area (Å²) in [6.45, 7) is 5.13. The van der Waals surface area contributed by atoms with Crippen molar-refractivity contribution in [3.05, 3.63) is 24.3 Å². The summed E-state index contributed by atoms with van der Waals surface area (Å²) in [5, 5.41) is 5.86. The molecule has 30 heavy (non-hydrogen) atoms. The molecule has 1 aliphatic heterocycles. The number of hydrogen-bond donors (Lipinski definition) is 2. The van der Waals surface area contributed by atoms with Crippen LogP contribution in [0.3, 0.4) is 0 Å². The number of likely N-dealkylation sites (tertiary alicyclic amines) is 1. The summed E-state index contributed by atoms with van der Waals surface area (Å²) in [7, 11) is 0. The summed E-state index contributed by atoms with van der Waals surface area (Å²) in [5.74, 6) is 0.449. The molecule has 0 spiro atoms. The molecule has 2 fully saturated rings. The average Bonchev–Trinajstić information content (AvgIpc) is 3.58. The predicted octanol–water partition coefficient (Wildman–Crippen LogP) is 2.96. The van der Waals surface area contributed by atoms with Gasteiger partial charge in [-0.3, -0.25) is 14.4 Å². The van der Waals surface area contributed by atoms with E-state index < -0.39 is 0 Å². The summed E-state index contributed by atoms with van der Waals surface area (Å²) >= 11 is 0. The van der Waals surface area contributed by atoms with Crippen molar-refractivity contribution >= 4 is 23.4 Å². The van der Waals surface area contributed by atoms with Gasteiger partial charge in [0.05, 0.1) is 5.92 Å². The summed E-state index contributed by atoms with van der Waals surface area (Å²) < 4.78 is 5.70. The molecule has 1 heterocycles. The van der Waals surface area contributed by atoms with Crippen molar-refractivity contribution in [3.63, 3.8) is 0 Å². The van der Waals surface area contributed by atoms with Crippen LogP contribution >= 0.6 is 0 Å². The van der Waals surface area contributed by atoms with Crippen LogP contribution in [0.4, 0.5) is 5.69 Å². The second kappa shape index (κ2) is 10.5. The lowest BCUT2D eigenvalue weighted by Gasteiger charge is -2.37. The van der Waals surface area contributed by atoms with Gasteiger partial charge >= 0.3 is 0 Å². The fraction of sp³-hybridized carbons (Fsp3) is 0.609. The number of nitrogens with zero attached hydrogens (tertiary/aromatic N) is 1. The number of amides is 3. The van der Waals surface area contributed by atoms with Gasteiger partial charge in [0.2, 0.25) is 11.8 Å². The SMILES string of the molecule is CCCCNC(=O)C1CCC(C)N(C(=O)COc2cccc(NC(=O)C3CC3)c2)C1. The van der Waals surface area contributed by atoms with Crippen molar-refractivity contribution in [3.8, 4) is 5.75 Å². The number of carbonyl (C=O) groups excluding carboxylic acids is 3. The molecule has 0 radical (unpaired) electrons. The monoisotopic (exact) mass is 415 g/mol. The molecule has 1 saturated carbocycles. The van der Waals surface area contributed by atoms with Gasteiger partial charge in [-0.05, 0) is 51.2 Å². The maximum atomic E-state index is 12.8. The predicted molar refractivity (Wildman–Crippen MR) is 115 cm³/mol. The van der Waals surface area contributed by atoms with Crippen LogP contribution < -0.4 is 15.4 Å². The molecule has 2 aliphatic rings. The Labute approximate surface area is 178 Å². The zero-order valence-electron chi connectivity index (χ0n) is 18.0. The molecule has 1 aromatic carbocycles. The van der Waals surface area contributed by atoms with E-state index in [9.17, 15) is 14.4 Å². The third-order valence-corrected chi connectivity index (χ3v) is 5.81. The number of ether oxygens (including phenoxy) is 1. The minimum atomic E-state index is -0.164. The van der Waals surface area contributed by atoms with E-state index >= 15 is 0 Å². The van der Waals surface area contributed by atoms with E-state index in [-0.39, 0.29) is 42.2 Å². The first-order chi connectivity index (χ1) is 14.5. The Hall–Kier alpha value is -2.57. The van der Waals surface area contributed by atoms with Gasteiger partial charge in [0, 0.05) is 36.8 Å². The minimum absolute atomic E-state index is 0.0353. The summed E-state index contributed by atoms with van der Waals surface area (Å²) in [6, 6.07) is 7.19. The third kappa shape index (κ3) is 6.21. The van der Waals surface area contributed by atoms with E-state index in [0.717, 1.165) is 38.5 Å². The normalized spacial score (nSPS) is 21.1. The van der Waals surface area contributed by atoms with Crippen molar-refractivity contribution in [1.29, 1.82) is 0 Å². The van der Waals surface area contributed by atoms with E-state index in [1.54, 1.807) is 23.1 Å². The van der Waals surface area contributed by atoms with Crippen molar-refractivity contribution < 1.29 is 19.1 Å². The number of rotatable bonds is 9. The van der Waals surface area contributed by atoms with Gasteiger partial charge in [0.25, 0.3) is 5.91 Å². The van der Waals surface area contributed by atoms with Crippen LogP contribution in [0, 0.1) is 11.8 Å². The summed E-state index contributed by atoms with van der Waals surface area (Å²) in [6.07, 6.45) is 5.50. The quantitative estimate of drug-likeness (QED) is 0.607. The maximum Gasteiger partial charge on any atom is 0.260 e. The fourth-order valence-corrected chi connectivity index (χ4v) is 3.68. The summed E-state index contributed by atoms with van der Waals surface area (Å²) in [4.78, 5) is 38.8. The van der Waals surface area contributed by atoms with Crippen molar-refractivity contribution in [2.75, 3.05) is 25.0 Å². The Kier molecular flexibility index (Phi) is 7.71. The Morgan fingerprint density at radius 2 is 1.87 bits per heavy atom. The van der Waals surface area contributed by atoms with Crippen molar-refractivity contribution in [2.45, 2.75) is 58.4 Å². The molecular weight excluding hydrogens is 382 g/mol. The molecule has 7 heteroatoms. The standard InChI is InChI=1S/C23H33N3O4/c1-3-4-12-24-22(28)18-9-8-16(2)26(14-18)21(27)15-30-20-7-5-6-19(13-20)25-23(29)17-10-11-17/h5-7,13,16-18H,3-4,8-12,14-15H2,1-2H3,(H,24,28)(H,25,29). The number of unbranched alkanes of at least 4 members (excludes halogenated alkanes) is 1. The summed E-state index contributed by atoms with van der Waals surface area (Å²) in [5.41, 5.74) is 0.673. The molecule has 1 aromatic rings. The van der Waals surface area contributed by atoms with Crippen LogP contribution in [0.15, 0.2) is 24.3 Å². The highest BCUT2D eigenvalue weighted by Gasteiger charge is 2.32. The maximum absolute atomic E-state index is 12.8. The highest BCUT2D eigenvalue weighted by atomic mass is 16.5. The number of piperidine rings is 1. The van der Waals surface area contributed by atoms with Crippen LogP contribution in [0.1, 0.15) is 52.4 Å². The van der Waals surface area contributed by atoms with E-state index in [0.29, 0.717) is 24.5 Å². The molecular formula is C23H33N3O4. The highest BCUT2D eigenvalue weighted by Crippen LogP contribution is 2.30. The topological polar surface area (TPSA) is 87.7 Å². The molecule has 164 valence electrons. The van der Waals surface area contributed by atoms with Crippen LogP contribution in [-0.2, 0) is 14.4 Å². The fourth-order valence-electron chi connectivity index (χ4n) is 3.68. The second-order valence-electron chi connectivity index (χ2n) is 8.39. The lowest BCUT2D eigenvalue weighted by Crippen LogP contribution is -2.50. The Balaban J connectivity index is 1.50. The Bertz CT molecular complexity index is 763. The largest absolute Gasteiger partial charge is 0.484 e. The van der Waals surface area contributed by atoms with Gasteiger partial charge in [-0.1, -0.05) is 19.4 Å². The first-order valence-electron chi connectivity index (χ1n) is 11.1. The molecule has 0 aromatic heterocycles. The number of hydrogen-bond acceptors (Lipinski definition) is 4. The zero-order chi connectivity index (χ0) is 21.5. The first-order valence-corrected chi connectivity index (χ1v) is 11.1. The van der Waals surface area contributed by atoms with Gasteiger partial charge in [0.15, 0.2) is 6.61 Å². The van der Waals surface area contributed by atoms with Crippen LogP contribution in [0.25, 0.3) is 0 Å². The van der Waals surface area contributed by atoms with Gasteiger partial charge in [-0.2, -0.15) is 0 Å². The molecule has 1 saturated heterocycles. The molecule has 2 N–H and O–H groups in total. The highest BCUT2D eigenvalue weighted by molar-refractivity contribution is 5.94. The molecule has 1 aliphatic carbocycles. The van der Waals surface area contributed by atoms with E-state index in [4.69, 9.17) is 4.74 Å². The number of nitrogens with one attached hydrogen (secondary N) is 2. The van der Waals surface area contributed by atoms with Crippen molar-refractivity contribution in [2.24, 2.45) is 11.8 Å². The Morgan fingerprint density at radius 3 is 2.60 bits per heavy atom. The van der Waals surface area contributed by atoms with E-state index in [2.05, 4.69) is 17.6 Å². The smallest absolute Gasteiger partial charge is 0.260 e. The molecule has 0 bridgehead atoms. The lowest BCUT2D eigenvalue weighted by atomic mass is 9.92. The van der Waals surface area contributed by atoms with Gasteiger partial charge in [-0.15, -0.1) is 0 Å². The van der Waals surface area contributed by atoms with E-state index in [1.807, 2.05) is 13.0 Å². The van der Waals surface area contributed by atoms with Crippen LogP contribution in [0.5, 0.6) is 5.75 Å². The molecule has 3 rings (SSSR count). The zero-order valence-corrected chi connectivity index (χ0v) is 18.0. The van der Waals surface area contributed by atoms with Gasteiger partial charge in [0.1, 0.15) is 5.75 Å². The van der Waals surface area contributed by atoms with Crippen LogP contribution in [0.2, 0.25) is 0 Å². The van der Waals surface area contributed by atoms with Crippen molar-refractivity contribution in [1.82, 2.24) is 10.2 Å². The van der Waals surface area contributed by atoms with Gasteiger partial charge in [-0.25, -0.2) is 0 Å². The Morgan fingerprint density at radius 1 is 1.10 bits per heavy atom. The minimum Gasteiger partial charge on any atom is -0.484 e.